The highest BCUT2D eigenvalue weighted by molar-refractivity contribution is 9.10. The topological polar surface area (TPSA) is 86.7 Å². The third kappa shape index (κ3) is 3.42. The van der Waals surface area contributed by atoms with Crippen LogP contribution in [-0.2, 0) is 9.59 Å². The van der Waals surface area contributed by atoms with E-state index in [2.05, 4.69) is 21.2 Å². The van der Waals surface area contributed by atoms with Gasteiger partial charge in [-0.3, -0.25) is 14.9 Å². The molecule has 0 spiro atoms. The van der Waals surface area contributed by atoms with Crippen molar-refractivity contribution in [3.05, 3.63) is 63.1 Å². The third-order valence-electron chi connectivity index (χ3n) is 3.47. The van der Waals surface area contributed by atoms with Crippen LogP contribution in [0.25, 0.3) is 6.08 Å². The highest BCUT2D eigenvalue weighted by atomic mass is 79.9. The molecule has 3 rings (SSSR count). The summed E-state index contributed by atoms with van der Waals surface area (Å²) in [6.07, 6.45) is 1.31. The molecule has 2 N–H and O–H groups in total. The molecule has 0 aliphatic carbocycles. The Morgan fingerprint density at radius 2 is 1.76 bits per heavy atom. The van der Waals surface area contributed by atoms with Gasteiger partial charge < -0.3 is 5.11 Å². The summed E-state index contributed by atoms with van der Waals surface area (Å²) in [6.45, 7) is 0. The smallest absolute Gasteiger partial charge is 0.335 e. The fourth-order valence-electron chi connectivity index (χ4n) is 2.26. The summed E-state index contributed by atoms with van der Waals surface area (Å²) in [7, 11) is 0. The third-order valence-corrected chi connectivity index (χ3v) is 4.30. The molecule has 4 amide bonds. The van der Waals surface area contributed by atoms with Crippen LogP contribution in [0.15, 0.2) is 52.5 Å². The Labute approximate surface area is 155 Å². The van der Waals surface area contributed by atoms with E-state index >= 15 is 0 Å². The molecule has 126 valence electrons. The lowest BCUT2D eigenvalue weighted by molar-refractivity contribution is -0.122. The highest BCUT2D eigenvalue weighted by Crippen LogP contribution is 2.27. The first-order chi connectivity index (χ1) is 11.9. The van der Waals surface area contributed by atoms with Crippen LogP contribution in [0.3, 0.4) is 0 Å². The fourth-order valence-corrected chi connectivity index (χ4v) is 2.72. The number of urea groups is 1. The fraction of sp³-hybridized carbons (Fsp3) is 0. The Morgan fingerprint density at radius 1 is 1.08 bits per heavy atom. The second-order valence-electron chi connectivity index (χ2n) is 5.15. The predicted octanol–water partition coefficient (Wildman–Crippen LogP) is 3.47. The molecule has 1 aliphatic rings. The largest absolute Gasteiger partial charge is 0.506 e. The molecule has 1 saturated heterocycles. The molecule has 1 aliphatic heterocycles. The average Bonchev–Trinajstić information content (AvgIpc) is 2.56. The van der Waals surface area contributed by atoms with Gasteiger partial charge in [-0.1, -0.05) is 33.6 Å². The van der Waals surface area contributed by atoms with Gasteiger partial charge in [-0.2, -0.15) is 0 Å². The normalized spacial score (nSPS) is 16.3. The van der Waals surface area contributed by atoms with Crippen LogP contribution in [0.5, 0.6) is 5.75 Å². The van der Waals surface area contributed by atoms with Crippen LogP contribution < -0.4 is 10.2 Å². The molecule has 8 heteroatoms. The zero-order chi connectivity index (χ0) is 18.1. The molecule has 25 heavy (non-hydrogen) atoms. The number of nitrogens with one attached hydrogen (secondary N) is 1. The van der Waals surface area contributed by atoms with Crippen LogP contribution in [-0.4, -0.2) is 23.0 Å². The number of imide groups is 2. The molecule has 0 bridgehead atoms. The van der Waals surface area contributed by atoms with Gasteiger partial charge in [0, 0.05) is 4.47 Å². The van der Waals surface area contributed by atoms with Gasteiger partial charge in [-0.25, -0.2) is 9.69 Å². The van der Waals surface area contributed by atoms with E-state index in [-0.39, 0.29) is 16.3 Å². The first kappa shape index (κ1) is 17.2. The van der Waals surface area contributed by atoms with Crippen molar-refractivity contribution in [1.82, 2.24) is 5.32 Å². The number of phenols is 1. The van der Waals surface area contributed by atoms with Crippen molar-refractivity contribution in [2.24, 2.45) is 0 Å². The second kappa shape index (κ2) is 6.70. The summed E-state index contributed by atoms with van der Waals surface area (Å²) >= 11 is 9.11. The van der Waals surface area contributed by atoms with Crippen LogP contribution in [0.1, 0.15) is 5.56 Å². The van der Waals surface area contributed by atoms with Gasteiger partial charge in [-0.15, -0.1) is 0 Å². The van der Waals surface area contributed by atoms with Crippen LogP contribution in [0.4, 0.5) is 10.5 Å². The van der Waals surface area contributed by atoms with Gasteiger partial charge in [0.25, 0.3) is 11.8 Å². The molecule has 0 radical (unpaired) electrons. The first-order valence-electron chi connectivity index (χ1n) is 7.02. The van der Waals surface area contributed by atoms with E-state index in [4.69, 9.17) is 11.6 Å². The molecule has 2 aromatic rings. The molecule has 1 fully saturated rings. The Hall–Kier alpha value is -2.64. The summed E-state index contributed by atoms with van der Waals surface area (Å²) in [5, 5.41) is 11.7. The molecular formula is C17H10BrClN2O4. The van der Waals surface area contributed by atoms with Crippen molar-refractivity contribution in [2.75, 3.05) is 4.90 Å². The molecular weight excluding hydrogens is 412 g/mol. The number of hydrogen-bond donors (Lipinski definition) is 2. The van der Waals surface area contributed by atoms with E-state index in [1.165, 1.54) is 24.3 Å². The summed E-state index contributed by atoms with van der Waals surface area (Å²) in [6, 6.07) is 9.93. The van der Waals surface area contributed by atoms with Crippen molar-refractivity contribution in [3.8, 4) is 5.75 Å². The van der Waals surface area contributed by atoms with Gasteiger partial charge >= 0.3 is 6.03 Å². The molecule has 6 nitrogen and oxygen atoms in total. The number of benzene rings is 2. The Bertz CT molecular complexity index is 925. The Kier molecular flexibility index (Phi) is 4.61. The van der Waals surface area contributed by atoms with E-state index in [1.54, 1.807) is 24.3 Å². The monoisotopic (exact) mass is 420 g/mol. The highest BCUT2D eigenvalue weighted by Gasteiger charge is 2.36. The number of carbonyl (C=O) groups excluding carboxylic acids is 3. The van der Waals surface area contributed by atoms with Crippen LogP contribution in [0.2, 0.25) is 5.02 Å². The van der Waals surface area contributed by atoms with Crippen molar-refractivity contribution in [1.29, 1.82) is 0 Å². The zero-order valence-corrected chi connectivity index (χ0v) is 14.8. The number of barbiturate groups is 1. The molecule has 0 aromatic heterocycles. The minimum absolute atomic E-state index is 0.0823. The van der Waals surface area contributed by atoms with E-state index in [0.717, 1.165) is 9.37 Å². The Balaban J connectivity index is 2.01. The van der Waals surface area contributed by atoms with Gasteiger partial charge in [0.05, 0.1) is 10.7 Å². The number of carbonyl (C=O) groups is 3. The Morgan fingerprint density at radius 3 is 2.40 bits per heavy atom. The lowest BCUT2D eigenvalue weighted by Gasteiger charge is -2.26. The van der Waals surface area contributed by atoms with E-state index < -0.39 is 17.8 Å². The summed E-state index contributed by atoms with van der Waals surface area (Å²) in [4.78, 5) is 37.7. The zero-order valence-electron chi connectivity index (χ0n) is 12.5. The van der Waals surface area contributed by atoms with Gasteiger partial charge in [0.2, 0.25) is 0 Å². The number of phenolic OH excluding ortho intramolecular Hbond substituents is 1. The number of hydrogen-bond acceptors (Lipinski definition) is 4. The van der Waals surface area contributed by atoms with Crippen LogP contribution in [0, 0.1) is 0 Å². The predicted molar refractivity (Wildman–Crippen MR) is 96.3 cm³/mol. The van der Waals surface area contributed by atoms with E-state index in [1.807, 2.05) is 0 Å². The standard InChI is InChI=1S/C17H10BrClN2O4/c18-10-2-4-11(5-3-10)21-16(24)12(15(23)20-17(21)25)7-9-1-6-14(22)13(19)8-9/h1-8,22H,(H,20,23,25)/b12-7+. The van der Waals surface area contributed by atoms with Gasteiger partial charge in [-0.05, 0) is 48.0 Å². The quantitative estimate of drug-likeness (QED) is 0.574. The van der Waals surface area contributed by atoms with Gasteiger partial charge in [0.1, 0.15) is 11.3 Å². The minimum Gasteiger partial charge on any atom is -0.506 e. The second-order valence-corrected chi connectivity index (χ2v) is 6.47. The minimum atomic E-state index is -0.821. The molecule has 0 saturated carbocycles. The maximum absolute atomic E-state index is 12.7. The number of aromatic hydroxyl groups is 1. The number of amides is 4. The van der Waals surface area contributed by atoms with Crippen molar-refractivity contribution in [3.63, 3.8) is 0 Å². The van der Waals surface area contributed by atoms with E-state index in [0.29, 0.717) is 11.3 Å². The average molecular weight is 422 g/mol. The lowest BCUT2D eigenvalue weighted by atomic mass is 10.1. The summed E-state index contributed by atoms with van der Waals surface area (Å²) in [5.41, 5.74) is 0.545. The van der Waals surface area contributed by atoms with Crippen molar-refractivity contribution < 1.29 is 19.5 Å². The molecule has 2 aromatic carbocycles. The molecule has 1 heterocycles. The van der Waals surface area contributed by atoms with Crippen molar-refractivity contribution in [2.45, 2.75) is 0 Å². The maximum atomic E-state index is 12.7. The summed E-state index contributed by atoms with van der Waals surface area (Å²) in [5.74, 6) is -1.66. The van der Waals surface area contributed by atoms with Crippen LogP contribution >= 0.6 is 27.5 Å². The molecule has 0 atom stereocenters. The van der Waals surface area contributed by atoms with Crippen molar-refractivity contribution >= 4 is 57.1 Å². The number of nitrogens with zero attached hydrogens (tertiary/aromatic N) is 1. The maximum Gasteiger partial charge on any atom is 0.335 e. The van der Waals surface area contributed by atoms with E-state index in [9.17, 15) is 19.5 Å². The summed E-state index contributed by atoms with van der Waals surface area (Å²) < 4.78 is 0.784. The number of anilines is 1. The SMILES string of the molecule is O=C1NC(=O)N(c2ccc(Br)cc2)C(=O)/C1=C/c1ccc(O)c(Cl)c1. The lowest BCUT2D eigenvalue weighted by Crippen LogP contribution is -2.54. The van der Waals surface area contributed by atoms with Gasteiger partial charge in [0.15, 0.2) is 0 Å². The first-order valence-corrected chi connectivity index (χ1v) is 8.19. The number of rotatable bonds is 2. The number of halogens is 2. The molecule has 0 unspecified atom stereocenters.